The molecule has 0 saturated heterocycles. The van der Waals surface area contributed by atoms with Gasteiger partial charge >= 0.3 is 0 Å². The molecule has 0 spiro atoms. The molecule has 0 saturated carbocycles. The van der Waals surface area contributed by atoms with Crippen molar-refractivity contribution in [2.24, 2.45) is 0 Å². The Hall–Kier alpha value is -3.74. The molecule has 0 unspecified atom stereocenters. The van der Waals surface area contributed by atoms with Gasteiger partial charge in [0.1, 0.15) is 0 Å². The molecule has 0 atom stereocenters. The van der Waals surface area contributed by atoms with Gasteiger partial charge in [0.2, 0.25) is 11.7 Å². The molecule has 0 radical (unpaired) electrons. The minimum atomic E-state index is -0.189. The fourth-order valence-electron chi connectivity index (χ4n) is 2.81. The van der Waals surface area contributed by atoms with Crippen molar-refractivity contribution in [3.05, 3.63) is 77.9 Å². The molecular weight excluding hydrogens is 354 g/mol. The second-order valence-electron chi connectivity index (χ2n) is 6.31. The number of hydrogen-bond acceptors (Lipinski definition) is 5. The molecule has 7 nitrogen and oxygen atoms in total. The summed E-state index contributed by atoms with van der Waals surface area (Å²) >= 11 is 0. The highest BCUT2D eigenvalue weighted by atomic mass is 16.5. The Morgan fingerprint density at radius 1 is 1.11 bits per heavy atom. The topological polar surface area (TPSA) is 85.8 Å². The summed E-state index contributed by atoms with van der Waals surface area (Å²) in [5.41, 5.74) is 3.63. The number of benzene rings is 2. The van der Waals surface area contributed by atoms with Crippen LogP contribution in [0.3, 0.4) is 0 Å². The van der Waals surface area contributed by atoms with E-state index in [1.165, 1.54) is 0 Å². The summed E-state index contributed by atoms with van der Waals surface area (Å²) in [5.74, 6) is 0.976. The molecule has 7 heteroatoms. The highest BCUT2D eigenvalue weighted by molar-refractivity contribution is 6.04. The van der Waals surface area contributed by atoms with Crippen molar-refractivity contribution in [3.8, 4) is 17.1 Å². The molecule has 0 aliphatic carbocycles. The van der Waals surface area contributed by atoms with Gasteiger partial charge in [0.15, 0.2) is 0 Å². The number of amides is 1. The number of aromatic nitrogens is 4. The number of carbonyl (C=O) groups is 1. The SMILES string of the molecule is CCc1nc(-c2ccc(-n3cc(C(=O)Nc4ccccc4)c(C)n3)cc2)no1. The van der Waals surface area contributed by atoms with E-state index in [-0.39, 0.29) is 5.91 Å². The lowest BCUT2D eigenvalue weighted by Gasteiger charge is -2.03. The second-order valence-corrected chi connectivity index (χ2v) is 6.31. The maximum absolute atomic E-state index is 12.6. The quantitative estimate of drug-likeness (QED) is 0.570. The van der Waals surface area contributed by atoms with Gasteiger partial charge in [-0.3, -0.25) is 4.79 Å². The van der Waals surface area contributed by atoms with E-state index in [0.29, 0.717) is 29.4 Å². The van der Waals surface area contributed by atoms with E-state index in [0.717, 1.165) is 16.9 Å². The van der Waals surface area contributed by atoms with Crippen LogP contribution in [0.4, 0.5) is 5.69 Å². The normalized spacial score (nSPS) is 10.8. The Morgan fingerprint density at radius 2 is 1.86 bits per heavy atom. The van der Waals surface area contributed by atoms with Gasteiger partial charge in [0.05, 0.1) is 16.9 Å². The molecule has 140 valence electrons. The van der Waals surface area contributed by atoms with Crippen LogP contribution in [-0.2, 0) is 6.42 Å². The highest BCUT2D eigenvalue weighted by Gasteiger charge is 2.15. The molecule has 0 bridgehead atoms. The zero-order valence-electron chi connectivity index (χ0n) is 15.6. The van der Waals surface area contributed by atoms with Crippen molar-refractivity contribution < 1.29 is 9.32 Å². The average molecular weight is 373 g/mol. The van der Waals surface area contributed by atoms with Crippen molar-refractivity contribution in [1.29, 1.82) is 0 Å². The Balaban J connectivity index is 1.55. The summed E-state index contributed by atoms with van der Waals surface area (Å²) in [6.45, 7) is 3.78. The van der Waals surface area contributed by atoms with Gasteiger partial charge in [-0.25, -0.2) is 4.68 Å². The first-order chi connectivity index (χ1) is 13.6. The van der Waals surface area contributed by atoms with E-state index < -0.39 is 0 Å². The van der Waals surface area contributed by atoms with Gasteiger partial charge in [0.25, 0.3) is 5.91 Å². The van der Waals surface area contributed by atoms with Gasteiger partial charge in [-0.1, -0.05) is 30.3 Å². The number of carbonyl (C=O) groups excluding carboxylic acids is 1. The fraction of sp³-hybridized carbons (Fsp3) is 0.143. The van der Waals surface area contributed by atoms with Gasteiger partial charge in [0, 0.05) is 23.9 Å². The molecule has 1 amide bonds. The molecule has 2 aromatic heterocycles. The van der Waals surface area contributed by atoms with Crippen LogP contribution in [0.2, 0.25) is 0 Å². The van der Waals surface area contributed by atoms with Crippen LogP contribution in [0.25, 0.3) is 17.1 Å². The first-order valence-corrected chi connectivity index (χ1v) is 9.00. The minimum absolute atomic E-state index is 0.189. The Morgan fingerprint density at radius 3 is 2.54 bits per heavy atom. The molecule has 0 aliphatic rings. The lowest BCUT2D eigenvalue weighted by Crippen LogP contribution is -2.12. The Kier molecular flexibility index (Phi) is 4.72. The molecule has 4 rings (SSSR count). The molecule has 28 heavy (non-hydrogen) atoms. The van der Waals surface area contributed by atoms with Gasteiger partial charge < -0.3 is 9.84 Å². The molecule has 4 aromatic rings. The van der Waals surface area contributed by atoms with Crippen LogP contribution < -0.4 is 5.32 Å². The standard InChI is InChI=1S/C21H19N5O2/c1-3-19-23-20(25-28-19)15-9-11-17(12-10-15)26-13-18(14(2)24-26)21(27)22-16-7-5-4-6-8-16/h4-13H,3H2,1-2H3,(H,22,27). The van der Waals surface area contributed by atoms with Crippen LogP contribution >= 0.6 is 0 Å². The third kappa shape index (κ3) is 3.55. The first-order valence-electron chi connectivity index (χ1n) is 9.00. The van der Waals surface area contributed by atoms with E-state index in [9.17, 15) is 4.79 Å². The van der Waals surface area contributed by atoms with Gasteiger partial charge in [-0.2, -0.15) is 10.1 Å². The summed E-state index contributed by atoms with van der Waals surface area (Å²) in [4.78, 5) is 16.9. The number of anilines is 1. The summed E-state index contributed by atoms with van der Waals surface area (Å²) in [6.07, 6.45) is 2.43. The lowest BCUT2D eigenvalue weighted by atomic mass is 10.2. The van der Waals surface area contributed by atoms with E-state index in [4.69, 9.17) is 4.52 Å². The molecule has 1 N–H and O–H groups in total. The maximum Gasteiger partial charge on any atom is 0.259 e. The van der Waals surface area contributed by atoms with Crippen LogP contribution in [0, 0.1) is 6.92 Å². The Labute approximate surface area is 162 Å². The smallest absolute Gasteiger partial charge is 0.259 e. The number of nitrogens with one attached hydrogen (secondary N) is 1. The maximum atomic E-state index is 12.6. The summed E-state index contributed by atoms with van der Waals surface area (Å²) in [5, 5.41) is 11.3. The largest absolute Gasteiger partial charge is 0.339 e. The summed E-state index contributed by atoms with van der Waals surface area (Å²) in [6, 6.07) is 17.0. The van der Waals surface area contributed by atoms with Crippen molar-refractivity contribution >= 4 is 11.6 Å². The van der Waals surface area contributed by atoms with Crippen molar-refractivity contribution in [3.63, 3.8) is 0 Å². The highest BCUT2D eigenvalue weighted by Crippen LogP contribution is 2.20. The van der Waals surface area contributed by atoms with E-state index >= 15 is 0 Å². The lowest BCUT2D eigenvalue weighted by molar-refractivity contribution is 0.102. The van der Waals surface area contributed by atoms with E-state index in [1.54, 1.807) is 10.9 Å². The number of nitrogens with zero attached hydrogens (tertiary/aromatic N) is 4. The first kappa shape index (κ1) is 17.7. The summed E-state index contributed by atoms with van der Waals surface area (Å²) < 4.78 is 6.84. The van der Waals surface area contributed by atoms with Crippen LogP contribution in [0.15, 0.2) is 65.3 Å². The minimum Gasteiger partial charge on any atom is -0.339 e. The predicted molar refractivity (Wildman–Crippen MR) is 105 cm³/mol. The zero-order chi connectivity index (χ0) is 19.5. The predicted octanol–water partition coefficient (Wildman–Crippen LogP) is 4.05. The second kappa shape index (κ2) is 7.48. The van der Waals surface area contributed by atoms with Gasteiger partial charge in [-0.05, 0) is 43.3 Å². The van der Waals surface area contributed by atoms with Gasteiger partial charge in [-0.15, -0.1) is 0 Å². The zero-order valence-corrected chi connectivity index (χ0v) is 15.6. The number of rotatable bonds is 5. The molecule has 2 heterocycles. The van der Waals surface area contributed by atoms with E-state index in [1.807, 2.05) is 68.4 Å². The van der Waals surface area contributed by atoms with Crippen LogP contribution in [0.1, 0.15) is 28.9 Å². The number of hydrogen-bond donors (Lipinski definition) is 1. The van der Waals surface area contributed by atoms with Crippen LogP contribution in [0.5, 0.6) is 0 Å². The molecule has 0 aliphatic heterocycles. The third-order valence-corrected chi connectivity index (χ3v) is 4.34. The van der Waals surface area contributed by atoms with Crippen molar-refractivity contribution in [2.45, 2.75) is 20.3 Å². The monoisotopic (exact) mass is 373 g/mol. The van der Waals surface area contributed by atoms with Crippen LogP contribution in [-0.4, -0.2) is 25.8 Å². The molecule has 0 fully saturated rings. The van der Waals surface area contributed by atoms with Crippen molar-refractivity contribution in [1.82, 2.24) is 19.9 Å². The Bertz CT molecular complexity index is 1100. The number of aryl methyl sites for hydroxylation is 2. The molecule has 2 aromatic carbocycles. The number of para-hydroxylation sites is 1. The van der Waals surface area contributed by atoms with E-state index in [2.05, 4.69) is 20.6 Å². The fourth-order valence-corrected chi connectivity index (χ4v) is 2.81. The summed E-state index contributed by atoms with van der Waals surface area (Å²) in [7, 11) is 0. The molecular formula is C21H19N5O2. The van der Waals surface area contributed by atoms with Crippen molar-refractivity contribution in [2.75, 3.05) is 5.32 Å². The third-order valence-electron chi connectivity index (χ3n) is 4.34. The average Bonchev–Trinajstić information content (AvgIpc) is 3.36.